The van der Waals surface area contributed by atoms with Crippen LogP contribution in [0.4, 0.5) is 0 Å². The minimum Gasteiger partial charge on any atom is -0.481 e. The summed E-state index contributed by atoms with van der Waals surface area (Å²) in [5.74, 6) is 0.426. The molecule has 0 fully saturated rings. The quantitative estimate of drug-likeness (QED) is 0.724. The van der Waals surface area contributed by atoms with Gasteiger partial charge in [-0.1, -0.05) is 52.0 Å². The number of amides is 1. The number of carbonyl (C=O) groups is 1. The van der Waals surface area contributed by atoms with Crippen LogP contribution in [0.25, 0.3) is 0 Å². The molecule has 2 rings (SSSR count). The van der Waals surface area contributed by atoms with Gasteiger partial charge in [-0.2, -0.15) is 0 Å². The van der Waals surface area contributed by atoms with Gasteiger partial charge in [0.15, 0.2) is 15.9 Å². The van der Waals surface area contributed by atoms with Crippen molar-refractivity contribution in [2.75, 3.05) is 6.26 Å². The number of carbonyl (C=O) groups excluding carboxylic acids is 1. The summed E-state index contributed by atoms with van der Waals surface area (Å²) in [5, 5.41) is 2.98. The number of ether oxygens (including phenoxy) is 1. The van der Waals surface area contributed by atoms with Crippen molar-refractivity contribution in [2.45, 2.75) is 63.5 Å². The Hall–Kier alpha value is -2.34. The minimum absolute atomic E-state index is 0.0581. The fourth-order valence-corrected chi connectivity index (χ4v) is 3.58. The topological polar surface area (TPSA) is 72.5 Å². The molecule has 0 heterocycles. The zero-order chi connectivity index (χ0) is 21.8. The van der Waals surface area contributed by atoms with Gasteiger partial charge in [0, 0.05) is 6.26 Å². The average molecular weight is 418 g/mol. The Kier molecular flexibility index (Phi) is 7.11. The van der Waals surface area contributed by atoms with Gasteiger partial charge >= 0.3 is 0 Å². The third-order valence-electron chi connectivity index (χ3n) is 4.84. The SMILES string of the molecule is CC[C@H](NC(=O)[C@@H](C)Oc1ccc(C(C)(C)C)cc1)c1ccc(S(C)(=O)=O)cc1. The second kappa shape index (κ2) is 8.99. The molecule has 0 aromatic heterocycles. The molecule has 0 aliphatic heterocycles. The van der Waals surface area contributed by atoms with Crippen LogP contribution in [0.5, 0.6) is 5.75 Å². The summed E-state index contributed by atoms with van der Waals surface area (Å²) in [6.45, 7) is 10.1. The van der Waals surface area contributed by atoms with Crippen molar-refractivity contribution < 1.29 is 17.9 Å². The summed E-state index contributed by atoms with van der Waals surface area (Å²) in [7, 11) is -3.24. The van der Waals surface area contributed by atoms with Crippen LogP contribution in [0.3, 0.4) is 0 Å². The molecule has 0 saturated heterocycles. The largest absolute Gasteiger partial charge is 0.481 e. The fourth-order valence-electron chi connectivity index (χ4n) is 2.95. The van der Waals surface area contributed by atoms with E-state index in [1.54, 1.807) is 31.2 Å². The summed E-state index contributed by atoms with van der Waals surface area (Å²) in [6, 6.07) is 14.2. The van der Waals surface area contributed by atoms with E-state index >= 15 is 0 Å². The first kappa shape index (κ1) is 22.9. The van der Waals surface area contributed by atoms with E-state index in [0.29, 0.717) is 12.2 Å². The molecule has 0 bridgehead atoms. The van der Waals surface area contributed by atoms with Gasteiger partial charge < -0.3 is 10.1 Å². The number of hydrogen-bond acceptors (Lipinski definition) is 4. The van der Waals surface area contributed by atoms with Crippen molar-refractivity contribution in [2.24, 2.45) is 0 Å². The van der Waals surface area contributed by atoms with E-state index in [-0.39, 0.29) is 22.3 Å². The van der Waals surface area contributed by atoms with Crippen LogP contribution in [0.15, 0.2) is 53.4 Å². The summed E-state index contributed by atoms with van der Waals surface area (Å²) < 4.78 is 29.0. The van der Waals surface area contributed by atoms with Crippen molar-refractivity contribution in [3.63, 3.8) is 0 Å². The van der Waals surface area contributed by atoms with E-state index < -0.39 is 15.9 Å². The Balaban J connectivity index is 2.03. The molecular formula is C23H31NO4S. The fraction of sp³-hybridized carbons (Fsp3) is 0.435. The highest BCUT2D eigenvalue weighted by Crippen LogP contribution is 2.25. The third-order valence-corrected chi connectivity index (χ3v) is 5.97. The molecule has 0 radical (unpaired) electrons. The van der Waals surface area contributed by atoms with Crippen LogP contribution in [0.1, 0.15) is 58.2 Å². The van der Waals surface area contributed by atoms with Gasteiger partial charge in [-0.3, -0.25) is 4.79 Å². The number of sulfone groups is 1. The van der Waals surface area contributed by atoms with Crippen LogP contribution in [0, 0.1) is 0 Å². The molecule has 0 unspecified atom stereocenters. The third kappa shape index (κ3) is 6.32. The summed E-state index contributed by atoms with van der Waals surface area (Å²) in [6.07, 6.45) is 1.20. The van der Waals surface area contributed by atoms with Crippen molar-refractivity contribution in [3.05, 3.63) is 59.7 Å². The normalized spacial score (nSPS) is 14.1. The van der Waals surface area contributed by atoms with E-state index in [1.165, 1.54) is 11.8 Å². The van der Waals surface area contributed by atoms with Crippen molar-refractivity contribution >= 4 is 15.7 Å². The zero-order valence-electron chi connectivity index (χ0n) is 18.0. The second-order valence-electron chi connectivity index (χ2n) is 8.35. The molecule has 0 spiro atoms. The highest BCUT2D eigenvalue weighted by atomic mass is 32.2. The van der Waals surface area contributed by atoms with Crippen molar-refractivity contribution in [1.29, 1.82) is 0 Å². The molecule has 1 N–H and O–H groups in total. The molecule has 2 atom stereocenters. The predicted octanol–water partition coefficient (Wildman–Crippen LogP) is 4.42. The van der Waals surface area contributed by atoms with E-state index in [0.717, 1.165) is 5.56 Å². The van der Waals surface area contributed by atoms with Gasteiger partial charge in [-0.25, -0.2) is 8.42 Å². The predicted molar refractivity (Wildman–Crippen MR) is 116 cm³/mol. The Morgan fingerprint density at radius 2 is 1.59 bits per heavy atom. The monoisotopic (exact) mass is 417 g/mol. The number of nitrogens with one attached hydrogen (secondary N) is 1. The first-order chi connectivity index (χ1) is 13.4. The molecule has 158 valence electrons. The lowest BCUT2D eigenvalue weighted by Crippen LogP contribution is -2.38. The number of rotatable bonds is 7. The number of benzene rings is 2. The molecule has 29 heavy (non-hydrogen) atoms. The molecule has 0 saturated carbocycles. The molecule has 0 aliphatic carbocycles. The average Bonchev–Trinajstić information content (AvgIpc) is 2.65. The Bertz CT molecular complexity index is 926. The highest BCUT2D eigenvalue weighted by Gasteiger charge is 2.20. The maximum Gasteiger partial charge on any atom is 0.261 e. The van der Waals surface area contributed by atoms with Gasteiger partial charge in [0.25, 0.3) is 5.91 Å². The van der Waals surface area contributed by atoms with Crippen molar-refractivity contribution in [3.8, 4) is 5.75 Å². The summed E-state index contributed by atoms with van der Waals surface area (Å²) in [4.78, 5) is 12.9. The molecule has 2 aromatic rings. The van der Waals surface area contributed by atoms with Gasteiger partial charge in [-0.05, 0) is 54.2 Å². The van der Waals surface area contributed by atoms with Crippen LogP contribution < -0.4 is 10.1 Å². The van der Waals surface area contributed by atoms with Crippen molar-refractivity contribution in [1.82, 2.24) is 5.32 Å². The summed E-state index contributed by atoms with van der Waals surface area (Å²) in [5.41, 5.74) is 2.11. The van der Waals surface area contributed by atoms with Crippen LogP contribution >= 0.6 is 0 Å². The standard InChI is InChI=1S/C23H31NO4S/c1-7-21(17-8-14-20(15-9-17)29(6,26)27)24-22(25)16(2)28-19-12-10-18(11-13-19)23(3,4)5/h8-16,21H,7H2,1-6H3,(H,24,25)/t16-,21+/m1/s1. The van der Waals surface area contributed by atoms with E-state index in [1.807, 2.05) is 31.2 Å². The molecule has 0 aliphatic rings. The summed E-state index contributed by atoms with van der Waals surface area (Å²) >= 11 is 0. The van der Waals surface area contributed by atoms with Crippen LogP contribution in [0.2, 0.25) is 0 Å². The van der Waals surface area contributed by atoms with Gasteiger partial charge in [0.2, 0.25) is 0 Å². The van der Waals surface area contributed by atoms with Gasteiger partial charge in [0.1, 0.15) is 5.75 Å². The first-order valence-corrected chi connectivity index (χ1v) is 11.7. The first-order valence-electron chi connectivity index (χ1n) is 9.79. The molecular weight excluding hydrogens is 386 g/mol. The maximum absolute atomic E-state index is 12.6. The smallest absolute Gasteiger partial charge is 0.261 e. The molecule has 2 aromatic carbocycles. The lowest BCUT2D eigenvalue weighted by atomic mass is 9.87. The lowest BCUT2D eigenvalue weighted by Gasteiger charge is -2.22. The van der Waals surface area contributed by atoms with Gasteiger partial charge in [-0.15, -0.1) is 0 Å². The van der Waals surface area contributed by atoms with Gasteiger partial charge in [0.05, 0.1) is 10.9 Å². The van der Waals surface area contributed by atoms with Crippen LogP contribution in [-0.4, -0.2) is 26.7 Å². The lowest BCUT2D eigenvalue weighted by molar-refractivity contribution is -0.128. The second-order valence-corrected chi connectivity index (χ2v) is 10.4. The maximum atomic E-state index is 12.6. The van der Waals surface area contributed by atoms with E-state index in [4.69, 9.17) is 4.74 Å². The Labute approximate surface area is 174 Å². The number of hydrogen-bond donors (Lipinski definition) is 1. The Morgan fingerprint density at radius 3 is 2.03 bits per heavy atom. The highest BCUT2D eigenvalue weighted by molar-refractivity contribution is 7.90. The minimum atomic E-state index is -3.24. The van der Waals surface area contributed by atoms with E-state index in [9.17, 15) is 13.2 Å². The zero-order valence-corrected chi connectivity index (χ0v) is 18.8. The molecule has 1 amide bonds. The van der Waals surface area contributed by atoms with E-state index in [2.05, 4.69) is 26.1 Å². The molecule has 5 nitrogen and oxygen atoms in total. The molecule has 6 heteroatoms. The van der Waals surface area contributed by atoms with Crippen LogP contribution in [-0.2, 0) is 20.0 Å². The Morgan fingerprint density at radius 1 is 1.03 bits per heavy atom.